The number of sulfone groups is 1. The SMILES string of the molecule is CCC[C@H](C)N(C)CC(=O)NC(=O)N[C@@H]1CCS(=O)(=O)C1. The lowest BCUT2D eigenvalue weighted by Crippen LogP contribution is -2.48. The van der Waals surface area contributed by atoms with Crippen molar-refractivity contribution in [1.82, 2.24) is 15.5 Å². The number of imide groups is 1. The molecule has 1 heterocycles. The van der Waals surface area contributed by atoms with E-state index in [0.29, 0.717) is 6.42 Å². The van der Waals surface area contributed by atoms with E-state index in [9.17, 15) is 18.0 Å². The van der Waals surface area contributed by atoms with Gasteiger partial charge < -0.3 is 5.32 Å². The highest BCUT2D eigenvalue weighted by Gasteiger charge is 2.29. The Morgan fingerprint density at radius 2 is 2.05 bits per heavy atom. The van der Waals surface area contributed by atoms with Crippen molar-refractivity contribution in [2.75, 3.05) is 25.1 Å². The molecule has 0 unspecified atom stereocenters. The molecule has 0 spiro atoms. The van der Waals surface area contributed by atoms with Crippen LogP contribution in [0.15, 0.2) is 0 Å². The molecule has 1 fully saturated rings. The van der Waals surface area contributed by atoms with Crippen molar-refractivity contribution >= 4 is 21.8 Å². The normalized spacial score (nSPS) is 22.0. The molecule has 0 bridgehead atoms. The van der Waals surface area contributed by atoms with Crippen LogP contribution in [0.25, 0.3) is 0 Å². The van der Waals surface area contributed by atoms with Crippen LogP contribution in [0.4, 0.5) is 4.79 Å². The molecule has 0 saturated carbocycles. The zero-order valence-corrected chi connectivity index (χ0v) is 13.7. The van der Waals surface area contributed by atoms with Crippen LogP contribution in [-0.4, -0.2) is 62.4 Å². The number of nitrogens with zero attached hydrogens (tertiary/aromatic N) is 1. The van der Waals surface area contributed by atoms with Crippen molar-refractivity contribution in [3.8, 4) is 0 Å². The van der Waals surface area contributed by atoms with E-state index in [1.807, 2.05) is 18.9 Å². The van der Waals surface area contributed by atoms with E-state index >= 15 is 0 Å². The fraction of sp³-hybridized carbons (Fsp3) is 0.846. The summed E-state index contributed by atoms with van der Waals surface area (Å²) in [5.74, 6) is -0.357. The molecule has 1 aliphatic rings. The average Bonchev–Trinajstić information content (AvgIpc) is 2.68. The Balaban J connectivity index is 2.32. The lowest BCUT2D eigenvalue weighted by Gasteiger charge is -2.23. The lowest BCUT2D eigenvalue weighted by atomic mass is 10.2. The Labute approximate surface area is 126 Å². The first kappa shape index (κ1) is 17.9. The molecule has 122 valence electrons. The molecule has 0 aromatic rings. The van der Waals surface area contributed by atoms with Gasteiger partial charge in [0.2, 0.25) is 5.91 Å². The third-order valence-corrected chi connectivity index (χ3v) is 5.44. The van der Waals surface area contributed by atoms with Gasteiger partial charge >= 0.3 is 6.03 Å². The van der Waals surface area contributed by atoms with Crippen molar-refractivity contribution in [2.45, 2.75) is 45.2 Å². The average molecular weight is 319 g/mol. The third-order valence-electron chi connectivity index (χ3n) is 3.67. The quantitative estimate of drug-likeness (QED) is 0.725. The van der Waals surface area contributed by atoms with Gasteiger partial charge in [0.05, 0.1) is 18.1 Å². The number of carbonyl (C=O) groups is 2. The summed E-state index contributed by atoms with van der Waals surface area (Å²) in [6.07, 6.45) is 2.41. The number of likely N-dealkylation sites (N-methyl/N-ethyl adjacent to an activating group) is 1. The smallest absolute Gasteiger partial charge is 0.321 e. The number of rotatable bonds is 6. The van der Waals surface area contributed by atoms with Gasteiger partial charge in [0, 0.05) is 12.1 Å². The number of nitrogens with one attached hydrogen (secondary N) is 2. The highest BCUT2D eigenvalue weighted by molar-refractivity contribution is 7.91. The molecule has 0 aromatic carbocycles. The Morgan fingerprint density at radius 1 is 1.38 bits per heavy atom. The Morgan fingerprint density at radius 3 is 2.57 bits per heavy atom. The Bertz CT molecular complexity index is 478. The molecule has 1 saturated heterocycles. The molecule has 3 amide bonds. The summed E-state index contributed by atoms with van der Waals surface area (Å²) in [6.45, 7) is 4.24. The van der Waals surface area contributed by atoms with Crippen LogP contribution in [-0.2, 0) is 14.6 Å². The van der Waals surface area contributed by atoms with E-state index in [-0.39, 0.29) is 30.0 Å². The number of hydrogen-bond acceptors (Lipinski definition) is 5. The molecular formula is C13H25N3O4S. The number of urea groups is 1. The van der Waals surface area contributed by atoms with E-state index in [0.717, 1.165) is 12.8 Å². The largest absolute Gasteiger partial charge is 0.334 e. The summed E-state index contributed by atoms with van der Waals surface area (Å²) < 4.78 is 22.6. The van der Waals surface area contributed by atoms with Crippen LogP contribution in [0, 0.1) is 0 Å². The summed E-state index contributed by atoms with van der Waals surface area (Å²) in [7, 11) is -1.21. The predicted molar refractivity (Wildman–Crippen MR) is 80.7 cm³/mol. The molecule has 1 aliphatic heterocycles. The van der Waals surface area contributed by atoms with Crippen LogP contribution in [0.3, 0.4) is 0 Å². The Kier molecular flexibility index (Phi) is 6.60. The first-order valence-corrected chi connectivity index (χ1v) is 9.06. The molecule has 0 aromatic heterocycles. The topological polar surface area (TPSA) is 95.6 Å². The van der Waals surface area contributed by atoms with Gasteiger partial charge in [-0.3, -0.25) is 15.0 Å². The maximum atomic E-state index is 11.7. The van der Waals surface area contributed by atoms with Crippen LogP contribution >= 0.6 is 0 Å². The van der Waals surface area contributed by atoms with Gasteiger partial charge in [-0.1, -0.05) is 13.3 Å². The van der Waals surface area contributed by atoms with Crippen LogP contribution in [0.2, 0.25) is 0 Å². The zero-order chi connectivity index (χ0) is 16.0. The summed E-state index contributed by atoms with van der Waals surface area (Å²) >= 11 is 0. The Hall–Kier alpha value is -1.15. The minimum absolute atomic E-state index is 0.0535. The fourth-order valence-electron chi connectivity index (χ4n) is 2.32. The maximum Gasteiger partial charge on any atom is 0.321 e. The van der Waals surface area contributed by atoms with E-state index in [2.05, 4.69) is 17.6 Å². The molecule has 21 heavy (non-hydrogen) atoms. The van der Waals surface area contributed by atoms with Crippen molar-refractivity contribution in [3.63, 3.8) is 0 Å². The summed E-state index contributed by atoms with van der Waals surface area (Å²) in [4.78, 5) is 25.3. The molecule has 2 atom stereocenters. The second-order valence-electron chi connectivity index (χ2n) is 5.67. The molecule has 8 heteroatoms. The predicted octanol–water partition coefficient (Wildman–Crippen LogP) is 0.120. The van der Waals surface area contributed by atoms with E-state index in [1.54, 1.807) is 0 Å². The van der Waals surface area contributed by atoms with Crippen molar-refractivity contribution in [3.05, 3.63) is 0 Å². The molecule has 2 N–H and O–H groups in total. The van der Waals surface area contributed by atoms with E-state index in [1.165, 1.54) is 0 Å². The highest BCUT2D eigenvalue weighted by Crippen LogP contribution is 2.10. The van der Waals surface area contributed by atoms with Gasteiger partial charge in [0.15, 0.2) is 9.84 Å². The first-order valence-electron chi connectivity index (χ1n) is 7.24. The van der Waals surface area contributed by atoms with Crippen molar-refractivity contribution in [2.24, 2.45) is 0 Å². The van der Waals surface area contributed by atoms with Gasteiger partial charge in [0.1, 0.15) is 0 Å². The lowest BCUT2D eigenvalue weighted by molar-refractivity contribution is -0.121. The second kappa shape index (κ2) is 7.74. The van der Waals surface area contributed by atoms with E-state index < -0.39 is 21.9 Å². The highest BCUT2D eigenvalue weighted by atomic mass is 32.2. The second-order valence-corrected chi connectivity index (χ2v) is 7.90. The van der Waals surface area contributed by atoms with Crippen LogP contribution in [0.1, 0.15) is 33.1 Å². The number of carbonyl (C=O) groups excluding carboxylic acids is 2. The van der Waals surface area contributed by atoms with E-state index in [4.69, 9.17) is 0 Å². The summed E-state index contributed by atoms with van der Waals surface area (Å²) in [6, 6.07) is -0.762. The van der Waals surface area contributed by atoms with Crippen molar-refractivity contribution in [1.29, 1.82) is 0 Å². The van der Waals surface area contributed by atoms with Gasteiger partial charge in [0.25, 0.3) is 0 Å². The molecular weight excluding hydrogens is 294 g/mol. The van der Waals surface area contributed by atoms with Gasteiger partial charge in [-0.2, -0.15) is 0 Å². The molecule has 0 radical (unpaired) electrons. The monoisotopic (exact) mass is 319 g/mol. The third kappa shape index (κ3) is 6.43. The molecule has 0 aliphatic carbocycles. The summed E-state index contributed by atoms with van der Waals surface area (Å²) in [5, 5.41) is 4.76. The molecule has 7 nitrogen and oxygen atoms in total. The zero-order valence-electron chi connectivity index (χ0n) is 12.9. The minimum atomic E-state index is -3.04. The van der Waals surface area contributed by atoms with Crippen LogP contribution < -0.4 is 10.6 Å². The number of amides is 3. The van der Waals surface area contributed by atoms with Crippen molar-refractivity contribution < 1.29 is 18.0 Å². The van der Waals surface area contributed by atoms with Gasteiger partial charge in [-0.05, 0) is 26.8 Å². The minimum Gasteiger partial charge on any atom is -0.334 e. The fourth-order valence-corrected chi connectivity index (χ4v) is 3.99. The van der Waals surface area contributed by atoms with Gasteiger partial charge in [-0.15, -0.1) is 0 Å². The number of hydrogen-bond donors (Lipinski definition) is 2. The standard InChI is InChI=1S/C13H25N3O4S/c1-4-5-10(2)16(3)8-12(17)15-13(18)14-11-6-7-21(19,20)9-11/h10-11H,4-9H2,1-3H3,(H2,14,15,17,18)/t10-,11+/m0/s1. The maximum absolute atomic E-state index is 11.7. The van der Waals surface area contributed by atoms with Gasteiger partial charge in [-0.25, -0.2) is 13.2 Å². The van der Waals surface area contributed by atoms with Crippen LogP contribution in [0.5, 0.6) is 0 Å². The first-order chi connectivity index (χ1) is 9.73. The molecule has 1 rings (SSSR count). The summed E-state index contributed by atoms with van der Waals surface area (Å²) in [5.41, 5.74) is 0.